The van der Waals surface area contributed by atoms with Crippen molar-refractivity contribution in [1.82, 2.24) is 4.31 Å². The molecule has 2 rings (SSSR count). The quantitative estimate of drug-likeness (QED) is 0.736. The molecule has 5 nitrogen and oxygen atoms in total. The molecule has 1 aliphatic rings. The normalized spacial score (nSPS) is 22.7. The third-order valence-electron chi connectivity index (χ3n) is 4.29. The summed E-state index contributed by atoms with van der Waals surface area (Å²) in [6.45, 7) is 4.68. The fourth-order valence-corrected chi connectivity index (χ4v) is 4.41. The van der Waals surface area contributed by atoms with Crippen LogP contribution in [0.2, 0.25) is 0 Å². The average Bonchev–Trinajstić information content (AvgIpc) is 2.56. The molecule has 1 aromatic rings. The Morgan fingerprint density at radius 2 is 2.09 bits per heavy atom. The Balaban J connectivity index is 1.94. The average molecular weight is 339 g/mol. The number of rotatable bonds is 8. The number of hydrogen-bond acceptors (Lipinski definition) is 4. The minimum Gasteiger partial charge on any atom is -0.492 e. The zero-order valence-corrected chi connectivity index (χ0v) is 14.2. The highest BCUT2D eigenvalue weighted by atomic mass is 32.2. The first-order valence-corrected chi connectivity index (χ1v) is 9.50. The first kappa shape index (κ1) is 18.0. The largest absolute Gasteiger partial charge is 0.492 e. The number of allylic oxidation sites excluding steroid dienone is 1. The Morgan fingerprint density at radius 3 is 2.74 bits per heavy atom. The van der Waals surface area contributed by atoms with Gasteiger partial charge in [0.15, 0.2) is 0 Å². The van der Waals surface area contributed by atoms with Crippen LogP contribution in [-0.4, -0.2) is 49.9 Å². The molecular formula is C17H25NO4S. The van der Waals surface area contributed by atoms with E-state index in [0.717, 1.165) is 12.8 Å². The van der Waals surface area contributed by atoms with Crippen LogP contribution in [0.15, 0.2) is 43.0 Å². The topological polar surface area (TPSA) is 66.8 Å². The summed E-state index contributed by atoms with van der Waals surface area (Å²) in [6.07, 6.45) is 3.95. The number of aliphatic hydroxyl groups is 1. The van der Waals surface area contributed by atoms with Gasteiger partial charge in [-0.15, -0.1) is 6.58 Å². The molecule has 1 unspecified atom stereocenters. The zero-order valence-electron chi connectivity index (χ0n) is 13.4. The fraction of sp³-hybridized carbons (Fsp3) is 0.529. The smallest absolute Gasteiger partial charge is 0.217 e. The number of aliphatic hydroxyl groups excluding tert-OH is 1. The summed E-state index contributed by atoms with van der Waals surface area (Å²) in [5, 5.41) is 9.69. The van der Waals surface area contributed by atoms with Crippen LogP contribution in [0.25, 0.3) is 0 Å². The number of hydrogen-bond donors (Lipinski definition) is 1. The van der Waals surface area contributed by atoms with Crippen molar-refractivity contribution in [2.75, 3.05) is 32.1 Å². The molecule has 1 aliphatic heterocycles. The first-order chi connectivity index (χ1) is 11.0. The lowest BCUT2D eigenvalue weighted by molar-refractivity contribution is 0.0668. The van der Waals surface area contributed by atoms with Gasteiger partial charge in [0.25, 0.3) is 0 Å². The van der Waals surface area contributed by atoms with E-state index in [9.17, 15) is 13.5 Å². The number of sulfonamides is 1. The zero-order chi connectivity index (χ0) is 16.8. The Labute approximate surface area is 138 Å². The molecule has 0 amide bonds. The van der Waals surface area contributed by atoms with E-state index in [-0.39, 0.29) is 19.0 Å². The van der Waals surface area contributed by atoms with E-state index < -0.39 is 15.4 Å². The maximum Gasteiger partial charge on any atom is 0.217 e. The summed E-state index contributed by atoms with van der Waals surface area (Å²) in [5.41, 5.74) is -0.395. The molecule has 0 aromatic heterocycles. The number of piperidine rings is 1. The van der Waals surface area contributed by atoms with Gasteiger partial charge in [0.2, 0.25) is 10.0 Å². The van der Waals surface area contributed by atoms with Crippen molar-refractivity contribution in [3.05, 3.63) is 43.0 Å². The van der Waals surface area contributed by atoms with Crippen LogP contribution in [-0.2, 0) is 10.0 Å². The molecule has 1 fully saturated rings. The molecule has 1 saturated heterocycles. The second kappa shape index (κ2) is 7.95. The van der Waals surface area contributed by atoms with Gasteiger partial charge in [-0.25, -0.2) is 12.7 Å². The standard InChI is InChI=1S/C17H25NO4S/c1-2-9-17(15-19)10-6-11-18(14-17)23(20,21)13-12-22-16-7-4-3-5-8-16/h2-5,7-8,19H,1,6,9-15H2. The highest BCUT2D eigenvalue weighted by Gasteiger charge is 2.38. The maximum absolute atomic E-state index is 12.5. The van der Waals surface area contributed by atoms with E-state index in [4.69, 9.17) is 4.74 Å². The van der Waals surface area contributed by atoms with Gasteiger partial charge in [-0.2, -0.15) is 0 Å². The monoisotopic (exact) mass is 339 g/mol. The molecule has 1 aromatic carbocycles. The van der Waals surface area contributed by atoms with Gasteiger partial charge < -0.3 is 9.84 Å². The van der Waals surface area contributed by atoms with Crippen LogP contribution in [0.4, 0.5) is 0 Å². The molecule has 23 heavy (non-hydrogen) atoms. The first-order valence-electron chi connectivity index (χ1n) is 7.89. The van der Waals surface area contributed by atoms with Crippen molar-refractivity contribution in [3.63, 3.8) is 0 Å². The van der Waals surface area contributed by atoms with Crippen LogP contribution in [0.5, 0.6) is 5.75 Å². The second-order valence-corrected chi connectivity index (χ2v) is 8.15. The lowest BCUT2D eigenvalue weighted by Gasteiger charge is -2.40. The van der Waals surface area contributed by atoms with E-state index in [1.54, 1.807) is 18.2 Å². The predicted octanol–water partition coefficient (Wildman–Crippen LogP) is 2.05. The summed E-state index contributed by atoms with van der Waals surface area (Å²) in [7, 11) is -3.39. The maximum atomic E-state index is 12.5. The van der Waals surface area contributed by atoms with Gasteiger partial charge in [-0.05, 0) is 31.4 Å². The molecule has 1 heterocycles. The SMILES string of the molecule is C=CCC1(CO)CCCN(S(=O)(=O)CCOc2ccccc2)C1. The summed E-state index contributed by atoms with van der Waals surface area (Å²) >= 11 is 0. The Hall–Kier alpha value is -1.37. The lowest BCUT2D eigenvalue weighted by atomic mass is 9.79. The predicted molar refractivity (Wildman–Crippen MR) is 90.9 cm³/mol. The van der Waals surface area contributed by atoms with Crippen molar-refractivity contribution in [2.24, 2.45) is 5.41 Å². The van der Waals surface area contributed by atoms with Gasteiger partial charge in [-0.1, -0.05) is 24.3 Å². The van der Waals surface area contributed by atoms with Crippen LogP contribution < -0.4 is 4.74 Å². The summed E-state index contributed by atoms with van der Waals surface area (Å²) in [4.78, 5) is 0. The minimum absolute atomic E-state index is 0.0223. The second-order valence-electron chi connectivity index (χ2n) is 6.07. The summed E-state index contributed by atoms with van der Waals surface area (Å²) < 4.78 is 32.0. The van der Waals surface area contributed by atoms with E-state index in [0.29, 0.717) is 25.3 Å². The molecule has 0 radical (unpaired) electrons. The van der Waals surface area contributed by atoms with Gasteiger partial charge in [0.05, 0.1) is 12.4 Å². The molecular weight excluding hydrogens is 314 g/mol. The minimum atomic E-state index is -3.39. The third kappa shape index (κ3) is 4.80. The van der Waals surface area contributed by atoms with Gasteiger partial charge in [0, 0.05) is 18.5 Å². The van der Waals surface area contributed by atoms with Crippen molar-refractivity contribution < 1.29 is 18.3 Å². The molecule has 0 aliphatic carbocycles. The van der Waals surface area contributed by atoms with Crippen molar-refractivity contribution >= 4 is 10.0 Å². The summed E-state index contributed by atoms with van der Waals surface area (Å²) in [5.74, 6) is 0.606. The number of nitrogens with zero attached hydrogens (tertiary/aromatic N) is 1. The molecule has 128 valence electrons. The summed E-state index contributed by atoms with van der Waals surface area (Å²) in [6, 6.07) is 9.17. The number of benzene rings is 1. The molecule has 1 N–H and O–H groups in total. The highest BCUT2D eigenvalue weighted by Crippen LogP contribution is 2.34. The molecule has 1 atom stereocenters. The fourth-order valence-electron chi connectivity index (χ4n) is 2.98. The Morgan fingerprint density at radius 1 is 1.35 bits per heavy atom. The van der Waals surface area contributed by atoms with Crippen molar-refractivity contribution in [1.29, 1.82) is 0 Å². The van der Waals surface area contributed by atoms with Crippen molar-refractivity contribution in [2.45, 2.75) is 19.3 Å². The van der Waals surface area contributed by atoms with Gasteiger partial charge in [-0.3, -0.25) is 0 Å². The number of para-hydroxylation sites is 1. The van der Waals surface area contributed by atoms with E-state index >= 15 is 0 Å². The van der Waals surface area contributed by atoms with E-state index in [1.807, 2.05) is 18.2 Å². The molecule has 0 spiro atoms. The Bertz CT molecular complexity index is 602. The van der Waals surface area contributed by atoms with Crippen LogP contribution in [0.3, 0.4) is 0 Å². The molecule has 0 saturated carbocycles. The highest BCUT2D eigenvalue weighted by molar-refractivity contribution is 7.89. The molecule has 0 bridgehead atoms. The van der Waals surface area contributed by atoms with Crippen LogP contribution in [0, 0.1) is 5.41 Å². The van der Waals surface area contributed by atoms with E-state index in [1.165, 1.54) is 4.31 Å². The van der Waals surface area contributed by atoms with E-state index in [2.05, 4.69) is 6.58 Å². The van der Waals surface area contributed by atoms with Gasteiger partial charge in [0.1, 0.15) is 12.4 Å². The van der Waals surface area contributed by atoms with Crippen molar-refractivity contribution in [3.8, 4) is 5.75 Å². The number of ether oxygens (including phenoxy) is 1. The lowest BCUT2D eigenvalue weighted by Crippen LogP contribution is -2.48. The Kier molecular flexibility index (Phi) is 6.21. The third-order valence-corrected chi connectivity index (χ3v) is 6.07. The molecule has 6 heteroatoms. The van der Waals surface area contributed by atoms with Crippen LogP contribution >= 0.6 is 0 Å². The van der Waals surface area contributed by atoms with Gasteiger partial charge >= 0.3 is 0 Å². The van der Waals surface area contributed by atoms with Crippen LogP contribution in [0.1, 0.15) is 19.3 Å².